The van der Waals surface area contributed by atoms with E-state index < -0.39 is 0 Å². The van der Waals surface area contributed by atoms with Crippen LogP contribution >= 0.6 is 0 Å². The van der Waals surface area contributed by atoms with Crippen LogP contribution in [0.15, 0.2) is 48.8 Å². The van der Waals surface area contributed by atoms with Gasteiger partial charge >= 0.3 is 0 Å². The van der Waals surface area contributed by atoms with Gasteiger partial charge in [0.1, 0.15) is 5.69 Å². The van der Waals surface area contributed by atoms with Crippen LogP contribution < -0.4 is 10.6 Å². The Morgan fingerprint density at radius 3 is 2.78 bits per heavy atom. The standard InChI is InChI=1S/C20H19N7/c1-12-3-2-4-18(24-12)20-15(9-23-26-20)16-5-6-17-19(25-16)7-14(8-22-17)27-10-13(21)11-27/h2-9,13H,10-11,21H2,1H3,(H,23,26). The van der Waals surface area contributed by atoms with Gasteiger partial charge in [-0.2, -0.15) is 5.10 Å². The van der Waals surface area contributed by atoms with Crippen molar-refractivity contribution in [3.8, 4) is 22.6 Å². The van der Waals surface area contributed by atoms with Crippen LogP contribution in [0.5, 0.6) is 0 Å². The number of aromatic amines is 1. The highest BCUT2D eigenvalue weighted by atomic mass is 15.2. The molecule has 0 aromatic carbocycles. The number of aryl methyl sites for hydroxylation is 1. The van der Waals surface area contributed by atoms with Crippen LogP contribution in [0.25, 0.3) is 33.7 Å². The Morgan fingerprint density at radius 2 is 1.96 bits per heavy atom. The second-order valence-corrected chi connectivity index (χ2v) is 6.91. The molecule has 27 heavy (non-hydrogen) atoms. The highest BCUT2D eigenvalue weighted by Gasteiger charge is 2.23. The Morgan fingerprint density at radius 1 is 1.07 bits per heavy atom. The summed E-state index contributed by atoms with van der Waals surface area (Å²) in [5.74, 6) is 0. The van der Waals surface area contributed by atoms with Gasteiger partial charge in [0.25, 0.3) is 0 Å². The molecule has 7 heteroatoms. The Kier molecular flexibility index (Phi) is 3.61. The number of nitrogens with one attached hydrogen (secondary N) is 1. The molecule has 0 spiro atoms. The number of aromatic nitrogens is 5. The van der Waals surface area contributed by atoms with Crippen LogP contribution in [0, 0.1) is 6.92 Å². The zero-order valence-corrected chi connectivity index (χ0v) is 14.9. The van der Waals surface area contributed by atoms with E-state index in [4.69, 9.17) is 10.7 Å². The van der Waals surface area contributed by atoms with Crippen LogP contribution in [0.4, 0.5) is 5.69 Å². The average molecular weight is 357 g/mol. The van der Waals surface area contributed by atoms with E-state index in [0.717, 1.165) is 58.1 Å². The second-order valence-electron chi connectivity index (χ2n) is 6.91. The molecule has 134 valence electrons. The summed E-state index contributed by atoms with van der Waals surface area (Å²) < 4.78 is 0. The molecular weight excluding hydrogens is 338 g/mol. The van der Waals surface area contributed by atoms with Crippen molar-refractivity contribution >= 4 is 16.7 Å². The average Bonchev–Trinajstić information content (AvgIpc) is 3.14. The SMILES string of the molecule is Cc1cccc(-c2n[nH]cc2-c2ccc3ncc(N4CC(N)C4)cc3n2)n1. The molecule has 4 aromatic heterocycles. The molecule has 1 aliphatic rings. The maximum absolute atomic E-state index is 5.90. The van der Waals surface area contributed by atoms with Crippen LogP contribution in [0.2, 0.25) is 0 Å². The molecule has 5 rings (SSSR count). The predicted molar refractivity (Wildman–Crippen MR) is 105 cm³/mol. The highest BCUT2D eigenvalue weighted by molar-refractivity contribution is 5.84. The third-order valence-corrected chi connectivity index (χ3v) is 4.85. The molecule has 0 amide bonds. The van der Waals surface area contributed by atoms with Crippen molar-refractivity contribution in [2.45, 2.75) is 13.0 Å². The second kappa shape index (κ2) is 6.14. The van der Waals surface area contributed by atoms with Crippen molar-refractivity contribution in [2.75, 3.05) is 18.0 Å². The fraction of sp³-hybridized carbons (Fsp3) is 0.200. The van der Waals surface area contributed by atoms with E-state index in [1.165, 1.54) is 0 Å². The van der Waals surface area contributed by atoms with Gasteiger partial charge in [-0.1, -0.05) is 6.07 Å². The fourth-order valence-corrected chi connectivity index (χ4v) is 3.40. The summed E-state index contributed by atoms with van der Waals surface area (Å²) in [5.41, 5.74) is 13.0. The minimum Gasteiger partial charge on any atom is -0.367 e. The molecule has 0 atom stereocenters. The number of nitrogens with two attached hydrogens (primary N) is 1. The largest absolute Gasteiger partial charge is 0.367 e. The molecular formula is C20H19N7. The van der Waals surface area contributed by atoms with Gasteiger partial charge in [0.2, 0.25) is 0 Å². The Labute approximate surface area is 156 Å². The van der Waals surface area contributed by atoms with E-state index in [1.54, 1.807) is 0 Å². The summed E-state index contributed by atoms with van der Waals surface area (Å²) in [5, 5.41) is 7.34. The third kappa shape index (κ3) is 2.82. The lowest BCUT2D eigenvalue weighted by Crippen LogP contribution is -2.55. The maximum Gasteiger partial charge on any atom is 0.120 e. The zero-order valence-electron chi connectivity index (χ0n) is 14.9. The van der Waals surface area contributed by atoms with Gasteiger partial charge in [0.05, 0.1) is 34.3 Å². The number of nitrogens with zero attached hydrogens (tertiary/aromatic N) is 5. The molecule has 0 aliphatic carbocycles. The molecule has 5 heterocycles. The highest BCUT2D eigenvalue weighted by Crippen LogP contribution is 2.30. The summed E-state index contributed by atoms with van der Waals surface area (Å²) in [7, 11) is 0. The van der Waals surface area contributed by atoms with E-state index in [9.17, 15) is 0 Å². The molecule has 0 bridgehead atoms. The molecule has 0 radical (unpaired) electrons. The maximum atomic E-state index is 5.90. The zero-order chi connectivity index (χ0) is 18.4. The number of rotatable bonds is 3. The van der Waals surface area contributed by atoms with Crippen molar-refractivity contribution in [1.29, 1.82) is 0 Å². The lowest BCUT2D eigenvalue weighted by molar-refractivity contribution is 0.519. The number of H-pyrrole nitrogens is 1. The lowest BCUT2D eigenvalue weighted by atomic mass is 10.1. The van der Waals surface area contributed by atoms with Crippen molar-refractivity contribution < 1.29 is 0 Å². The molecule has 0 unspecified atom stereocenters. The molecule has 7 nitrogen and oxygen atoms in total. The smallest absolute Gasteiger partial charge is 0.120 e. The minimum atomic E-state index is 0.246. The summed E-state index contributed by atoms with van der Waals surface area (Å²) in [6.07, 6.45) is 3.74. The quantitative estimate of drug-likeness (QED) is 0.585. The molecule has 1 fully saturated rings. The van der Waals surface area contributed by atoms with Gasteiger partial charge in [0, 0.05) is 36.6 Å². The van der Waals surface area contributed by atoms with Crippen LogP contribution in [0.3, 0.4) is 0 Å². The summed E-state index contributed by atoms with van der Waals surface area (Å²) in [4.78, 5) is 16.2. The van der Waals surface area contributed by atoms with Gasteiger partial charge in [-0.05, 0) is 37.3 Å². The van der Waals surface area contributed by atoms with Gasteiger partial charge < -0.3 is 10.6 Å². The monoisotopic (exact) mass is 357 g/mol. The van der Waals surface area contributed by atoms with Crippen molar-refractivity contribution in [1.82, 2.24) is 25.1 Å². The molecule has 3 N–H and O–H groups in total. The normalized spacial score (nSPS) is 14.5. The Hall–Kier alpha value is -3.32. The van der Waals surface area contributed by atoms with E-state index >= 15 is 0 Å². The number of anilines is 1. The molecule has 1 saturated heterocycles. The summed E-state index contributed by atoms with van der Waals surface area (Å²) in [6.45, 7) is 3.69. The minimum absolute atomic E-state index is 0.246. The fourth-order valence-electron chi connectivity index (χ4n) is 3.40. The van der Waals surface area contributed by atoms with Crippen LogP contribution in [0.1, 0.15) is 5.69 Å². The number of hydrogen-bond acceptors (Lipinski definition) is 6. The predicted octanol–water partition coefficient (Wildman–Crippen LogP) is 2.54. The summed E-state index contributed by atoms with van der Waals surface area (Å²) in [6, 6.07) is 12.2. The first-order valence-corrected chi connectivity index (χ1v) is 8.93. The van der Waals surface area contributed by atoms with E-state index in [1.807, 2.05) is 49.6 Å². The number of hydrogen-bond donors (Lipinski definition) is 2. The number of fused-ring (bicyclic) bond motifs is 1. The van der Waals surface area contributed by atoms with Crippen LogP contribution in [-0.4, -0.2) is 44.3 Å². The van der Waals surface area contributed by atoms with Gasteiger partial charge in [-0.15, -0.1) is 0 Å². The van der Waals surface area contributed by atoms with Gasteiger partial charge in [-0.25, -0.2) is 4.98 Å². The van der Waals surface area contributed by atoms with E-state index in [0.29, 0.717) is 0 Å². The van der Waals surface area contributed by atoms with Gasteiger partial charge in [-0.3, -0.25) is 15.1 Å². The molecule has 1 aliphatic heterocycles. The first kappa shape index (κ1) is 15.9. The summed E-state index contributed by atoms with van der Waals surface area (Å²) >= 11 is 0. The van der Waals surface area contributed by atoms with Crippen molar-refractivity contribution in [3.05, 3.63) is 54.5 Å². The molecule has 0 saturated carbocycles. The first-order valence-electron chi connectivity index (χ1n) is 8.93. The molecule has 4 aromatic rings. The van der Waals surface area contributed by atoms with Crippen molar-refractivity contribution in [3.63, 3.8) is 0 Å². The first-order chi connectivity index (χ1) is 13.2. The Balaban J connectivity index is 1.57. The third-order valence-electron chi connectivity index (χ3n) is 4.85. The lowest BCUT2D eigenvalue weighted by Gasteiger charge is -2.38. The Bertz CT molecular complexity index is 1130. The number of pyridine rings is 3. The van der Waals surface area contributed by atoms with E-state index in [-0.39, 0.29) is 6.04 Å². The van der Waals surface area contributed by atoms with Gasteiger partial charge in [0.15, 0.2) is 0 Å². The van der Waals surface area contributed by atoms with Crippen molar-refractivity contribution in [2.24, 2.45) is 5.73 Å². The van der Waals surface area contributed by atoms with Crippen LogP contribution in [-0.2, 0) is 0 Å². The van der Waals surface area contributed by atoms with E-state index in [2.05, 4.69) is 31.1 Å². The topological polar surface area (TPSA) is 96.6 Å².